The lowest BCUT2D eigenvalue weighted by molar-refractivity contribution is -0.123. The van der Waals surface area contributed by atoms with Crippen molar-refractivity contribution >= 4 is 17.2 Å². The molecule has 1 fully saturated rings. The third kappa shape index (κ3) is 2.97. The predicted molar refractivity (Wildman–Crippen MR) is 85.4 cm³/mol. The minimum Gasteiger partial charge on any atom is -0.490 e. The highest BCUT2D eigenvalue weighted by atomic mass is 32.1. The number of carbonyl (C=O) groups is 1. The molecule has 1 amide bonds. The number of hydrogen-bond acceptors (Lipinski definition) is 4. The lowest BCUT2D eigenvalue weighted by atomic mass is 10.1. The average molecular weight is 312 g/mol. The van der Waals surface area contributed by atoms with Gasteiger partial charge in [-0.1, -0.05) is 0 Å². The summed E-state index contributed by atoms with van der Waals surface area (Å²) >= 11 is 1.47. The van der Waals surface area contributed by atoms with Crippen LogP contribution >= 0.6 is 11.3 Å². The van der Waals surface area contributed by atoms with Crippen LogP contribution in [0.25, 0.3) is 10.4 Å². The Bertz CT molecular complexity index is 715. The second-order valence-electron chi connectivity index (χ2n) is 5.40. The molecular weight excluding hydrogens is 296 g/mol. The first-order valence-electron chi connectivity index (χ1n) is 7.24. The van der Waals surface area contributed by atoms with Gasteiger partial charge >= 0.3 is 0 Å². The lowest BCUT2D eigenvalue weighted by Crippen LogP contribution is -2.32. The van der Waals surface area contributed by atoms with Gasteiger partial charge in [-0.25, -0.2) is 0 Å². The largest absolute Gasteiger partial charge is 0.490 e. The zero-order chi connectivity index (χ0) is 15.5. The van der Waals surface area contributed by atoms with E-state index in [1.165, 1.54) is 11.3 Å². The van der Waals surface area contributed by atoms with Gasteiger partial charge in [-0.05, 0) is 61.2 Å². The monoisotopic (exact) mass is 312 g/mol. The van der Waals surface area contributed by atoms with E-state index < -0.39 is 0 Å². The van der Waals surface area contributed by atoms with Gasteiger partial charge in [-0.15, -0.1) is 11.3 Å². The fraction of sp³-hybridized carbons (Fsp3) is 0.294. The van der Waals surface area contributed by atoms with Crippen molar-refractivity contribution in [1.82, 2.24) is 0 Å². The summed E-state index contributed by atoms with van der Waals surface area (Å²) in [5, 5.41) is 8.87. The Morgan fingerprint density at radius 1 is 1.23 bits per heavy atom. The van der Waals surface area contributed by atoms with Crippen LogP contribution in [0, 0.1) is 17.2 Å². The van der Waals surface area contributed by atoms with E-state index in [-0.39, 0.29) is 17.9 Å². The molecule has 112 valence electrons. The summed E-state index contributed by atoms with van der Waals surface area (Å²) in [5.41, 5.74) is 6.47. The first-order valence-corrected chi connectivity index (χ1v) is 8.05. The van der Waals surface area contributed by atoms with Gasteiger partial charge in [-0.3, -0.25) is 4.79 Å². The van der Waals surface area contributed by atoms with E-state index in [0.29, 0.717) is 4.88 Å². The standard InChI is InChI=1S/C17H16N2O2S/c18-10-13-8-9-16(22-13)11-4-6-12(7-5-11)21-15-3-1-2-14(15)17(19)20/h4-9,14-15H,1-3H2,(H2,19,20)/t14-,15+/m0/s1. The molecule has 22 heavy (non-hydrogen) atoms. The number of hydrogen-bond donors (Lipinski definition) is 1. The molecule has 3 rings (SSSR count). The predicted octanol–water partition coefficient (Wildman–Crippen LogP) is 3.32. The number of ether oxygens (including phenoxy) is 1. The molecule has 1 aliphatic carbocycles. The van der Waals surface area contributed by atoms with Gasteiger partial charge in [0, 0.05) is 4.88 Å². The normalized spacial score (nSPS) is 20.5. The number of thiophene rings is 1. The van der Waals surface area contributed by atoms with Crippen LogP contribution in [0.1, 0.15) is 24.1 Å². The van der Waals surface area contributed by atoms with E-state index in [0.717, 1.165) is 35.5 Å². The minimum atomic E-state index is -0.276. The summed E-state index contributed by atoms with van der Waals surface area (Å²) in [6.07, 6.45) is 2.54. The van der Waals surface area contributed by atoms with Crippen LogP contribution in [-0.4, -0.2) is 12.0 Å². The number of benzene rings is 1. The molecule has 2 N–H and O–H groups in total. The van der Waals surface area contributed by atoms with E-state index in [1.54, 1.807) is 0 Å². The number of carbonyl (C=O) groups excluding carboxylic acids is 1. The highest BCUT2D eigenvalue weighted by molar-refractivity contribution is 7.16. The Labute approximate surface area is 133 Å². The Morgan fingerprint density at radius 2 is 2.00 bits per heavy atom. The van der Waals surface area contributed by atoms with E-state index in [1.807, 2.05) is 36.4 Å². The van der Waals surface area contributed by atoms with Crippen molar-refractivity contribution in [2.24, 2.45) is 11.7 Å². The minimum absolute atomic E-state index is 0.115. The molecule has 5 heteroatoms. The molecule has 1 aromatic heterocycles. The van der Waals surface area contributed by atoms with Crippen molar-refractivity contribution in [2.45, 2.75) is 25.4 Å². The zero-order valence-corrected chi connectivity index (χ0v) is 12.8. The Kier molecular flexibility index (Phi) is 4.12. The van der Waals surface area contributed by atoms with Gasteiger partial charge in [-0.2, -0.15) is 5.26 Å². The maximum Gasteiger partial charge on any atom is 0.224 e. The summed E-state index contributed by atoms with van der Waals surface area (Å²) in [6, 6.07) is 13.6. The zero-order valence-electron chi connectivity index (χ0n) is 12.0. The van der Waals surface area contributed by atoms with E-state index >= 15 is 0 Å². The van der Waals surface area contributed by atoms with Crippen molar-refractivity contribution in [3.63, 3.8) is 0 Å². The molecule has 0 saturated heterocycles. The highest BCUT2D eigenvalue weighted by Gasteiger charge is 2.33. The molecule has 0 bridgehead atoms. The van der Waals surface area contributed by atoms with Crippen LogP contribution in [-0.2, 0) is 4.79 Å². The van der Waals surface area contributed by atoms with Crippen LogP contribution in [0.3, 0.4) is 0 Å². The lowest BCUT2D eigenvalue weighted by Gasteiger charge is -2.18. The van der Waals surface area contributed by atoms with Gasteiger partial charge in [0.15, 0.2) is 0 Å². The van der Waals surface area contributed by atoms with Crippen molar-refractivity contribution in [1.29, 1.82) is 5.26 Å². The Morgan fingerprint density at radius 3 is 2.64 bits per heavy atom. The Hall–Kier alpha value is -2.32. The van der Waals surface area contributed by atoms with Gasteiger partial charge in [0.25, 0.3) is 0 Å². The summed E-state index contributed by atoms with van der Waals surface area (Å²) in [7, 11) is 0. The second kappa shape index (κ2) is 6.20. The van der Waals surface area contributed by atoms with Crippen LogP contribution in [0.5, 0.6) is 5.75 Å². The molecule has 0 aliphatic heterocycles. The first-order chi connectivity index (χ1) is 10.7. The number of rotatable bonds is 4. The molecule has 0 spiro atoms. The van der Waals surface area contributed by atoms with Crippen LogP contribution in [0.15, 0.2) is 36.4 Å². The molecule has 1 aliphatic rings. The SMILES string of the molecule is N#Cc1ccc(-c2ccc(O[C@@H]3CCC[C@@H]3C(N)=O)cc2)s1. The quantitative estimate of drug-likeness (QED) is 0.941. The topological polar surface area (TPSA) is 76.1 Å². The van der Waals surface area contributed by atoms with Crippen molar-refractivity contribution in [3.8, 4) is 22.3 Å². The molecule has 2 atom stereocenters. The molecule has 1 saturated carbocycles. The van der Waals surface area contributed by atoms with Crippen molar-refractivity contribution in [3.05, 3.63) is 41.3 Å². The maximum atomic E-state index is 11.4. The van der Waals surface area contributed by atoms with Gasteiger partial charge in [0.2, 0.25) is 5.91 Å². The molecule has 0 unspecified atom stereocenters. The summed E-state index contributed by atoms with van der Waals surface area (Å²) < 4.78 is 5.92. The molecule has 2 aromatic rings. The summed E-state index contributed by atoms with van der Waals surface area (Å²) in [4.78, 5) is 13.1. The van der Waals surface area contributed by atoms with Crippen LogP contribution < -0.4 is 10.5 Å². The van der Waals surface area contributed by atoms with Gasteiger partial charge in [0.1, 0.15) is 22.8 Å². The second-order valence-corrected chi connectivity index (χ2v) is 6.48. The number of nitrogens with zero attached hydrogens (tertiary/aromatic N) is 1. The highest BCUT2D eigenvalue weighted by Crippen LogP contribution is 2.32. The maximum absolute atomic E-state index is 11.4. The smallest absolute Gasteiger partial charge is 0.224 e. The molecule has 1 aromatic carbocycles. The third-order valence-corrected chi connectivity index (χ3v) is 5.00. The third-order valence-electron chi connectivity index (χ3n) is 3.96. The number of primary amides is 1. The van der Waals surface area contributed by atoms with E-state index in [9.17, 15) is 4.79 Å². The number of nitrogens with two attached hydrogens (primary N) is 1. The molecule has 1 heterocycles. The van der Waals surface area contributed by atoms with E-state index in [4.69, 9.17) is 15.7 Å². The van der Waals surface area contributed by atoms with E-state index in [2.05, 4.69) is 6.07 Å². The average Bonchev–Trinajstić information content (AvgIpc) is 3.16. The van der Waals surface area contributed by atoms with Gasteiger partial charge < -0.3 is 10.5 Å². The molecular formula is C17H16N2O2S. The summed E-state index contributed by atoms with van der Waals surface area (Å²) in [6.45, 7) is 0. The summed E-state index contributed by atoms with van der Waals surface area (Å²) in [5.74, 6) is 0.288. The van der Waals surface area contributed by atoms with Crippen LogP contribution in [0.2, 0.25) is 0 Å². The first kappa shape index (κ1) is 14.6. The van der Waals surface area contributed by atoms with Crippen molar-refractivity contribution < 1.29 is 9.53 Å². The fourth-order valence-corrected chi connectivity index (χ4v) is 3.63. The Balaban J connectivity index is 1.72. The van der Waals surface area contributed by atoms with Gasteiger partial charge in [0.05, 0.1) is 5.92 Å². The number of amides is 1. The van der Waals surface area contributed by atoms with Crippen molar-refractivity contribution in [2.75, 3.05) is 0 Å². The number of nitriles is 1. The fourth-order valence-electron chi connectivity index (χ4n) is 2.82. The molecule has 0 radical (unpaired) electrons. The van der Waals surface area contributed by atoms with Crippen LogP contribution in [0.4, 0.5) is 0 Å². The molecule has 4 nitrogen and oxygen atoms in total.